The van der Waals surface area contributed by atoms with Gasteiger partial charge in [0.25, 0.3) is 5.56 Å². The number of likely N-dealkylation sites (N-methyl/N-ethyl adjacent to an activating group) is 1. The lowest BCUT2D eigenvalue weighted by atomic mass is 10.2. The summed E-state index contributed by atoms with van der Waals surface area (Å²) in [6.07, 6.45) is 0. The first-order valence-corrected chi connectivity index (χ1v) is 8.12. The Morgan fingerprint density at radius 2 is 1.75 bits per heavy atom. The smallest absolute Gasteiger partial charge is 0.330 e. The van der Waals surface area contributed by atoms with Crippen LogP contribution in [0.2, 0.25) is 0 Å². The lowest BCUT2D eigenvalue weighted by molar-refractivity contribution is -0.127. The fourth-order valence-electron chi connectivity index (χ4n) is 2.41. The Labute approximate surface area is 142 Å². The second kappa shape index (κ2) is 8.03. The standard InChI is InChI=1S/C16H29N5O3/c1-10(2)7-20(9-12(22)19(5)6)13-14(17)21(8-11(3)4)16(24)18-15(13)23/h10-11H,7-9,17H2,1-6H3,(H,18,23,24). The number of carbonyl (C=O) groups is 1. The van der Waals surface area contributed by atoms with Crippen LogP contribution in [0.25, 0.3) is 0 Å². The number of nitrogens with zero attached hydrogens (tertiary/aromatic N) is 3. The number of hydrogen-bond acceptors (Lipinski definition) is 5. The van der Waals surface area contributed by atoms with Crippen LogP contribution in [0.1, 0.15) is 27.7 Å². The Morgan fingerprint density at radius 1 is 1.17 bits per heavy atom. The van der Waals surface area contributed by atoms with Gasteiger partial charge in [-0.3, -0.25) is 19.1 Å². The van der Waals surface area contributed by atoms with Gasteiger partial charge in [-0.05, 0) is 11.8 Å². The average molecular weight is 339 g/mol. The summed E-state index contributed by atoms with van der Waals surface area (Å²) in [6, 6.07) is 0. The third-order valence-corrected chi connectivity index (χ3v) is 3.49. The van der Waals surface area contributed by atoms with Crippen LogP contribution in [0.3, 0.4) is 0 Å². The van der Waals surface area contributed by atoms with Crippen LogP contribution < -0.4 is 21.9 Å². The number of nitrogen functional groups attached to an aromatic ring is 1. The fourth-order valence-corrected chi connectivity index (χ4v) is 2.41. The first kappa shape index (κ1) is 19.8. The summed E-state index contributed by atoms with van der Waals surface area (Å²) in [5.74, 6) is 0.357. The summed E-state index contributed by atoms with van der Waals surface area (Å²) >= 11 is 0. The Hall–Kier alpha value is -2.25. The topological polar surface area (TPSA) is 104 Å². The van der Waals surface area contributed by atoms with E-state index in [0.717, 1.165) is 0 Å². The molecule has 3 N–H and O–H groups in total. The molecule has 0 saturated carbocycles. The summed E-state index contributed by atoms with van der Waals surface area (Å²) in [7, 11) is 3.31. The van der Waals surface area contributed by atoms with Crippen molar-refractivity contribution in [2.24, 2.45) is 11.8 Å². The van der Waals surface area contributed by atoms with Crippen LogP contribution in [-0.4, -0.2) is 47.5 Å². The third kappa shape index (κ3) is 4.87. The highest BCUT2D eigenvalue weighted by molar-refractivity contribution is 5.82. The molecule has 136 valence electrons. The van der Waals surface area contributed by atoms with Gasteiger partial charge >= 0.3 is 5.69 Å². The zero-order chi connectivity index (χ0) is 18.6. The van der Waals surface area contributed by atoms with E-state index in [-0.39, 0.29) is 35.8 Å². The van der Waals surface area contributed by atoms with E-state index in [9.17, 15) is 14.4 Å². The van der Waals surface area contributed by atoms with Crippen LogP contribution >= 0.6 is 0 Å². The van der Waals surface area contributed by atoms with E-state index in [2.05, 4.69) is 4.98 Å². The van der Waals surface area contributed by atoms with E-state index in [4.69, 9.17) is 5.73 Å². The van der Waals surface area contributed by atoms with Crippen molar-refractivity contribution in [3.63, 3.8) is 0 Å². The molecule has 0 atom stereocenters. The van der Waals surface area contributed by atoms with Gasteiger partial charge in [0, 0.05) is 27.2 Å². The number of nitrogens with two attached hydrogens (primary N) is 1. The van der Waals surface area contributed by atoms with Crippen LogP contribution in [0.4, 0.5) is 11.5 Å². The van der Waals surface area contributed by atoms with Crippen molar-refractivity contribution in [1.29, 1.82) is 0 Å². The molecule has 1 aromatic heterocycles. The van der Waals surface area contributed by atoms with Gasteiger partial charge in [-0.15, -0.1) is 0 Å². The summed E-state index contributed by atoms with van der Waals surface area (Å²) in [4.78, 5) is 42.0. The van der Waals surface area contributed by atoms with E-state index in [1.807, 2.05) is 27.7 Å². The normalized spacial score (nSPS) is 11.2. The molecule has 1 rings (SSSR count). The summed E-state index contributed by atoms with van der Waals surface area (Å²) < 4.78 is 1.36. The molecule has 0 aliphatic heterocycles. The Morgan fingerprint density at radius 3 is 2.21 bits per heavy atom. The predicted molar refractivity (Wildman–Crippen MR) is 96.3 cm³/mol. The highest BCUT2D eigenvalue weighted by Crippen LogP contribution is 2.19. The quantitative estimate of drug-likeness (QED) is 0.745. The lowest BCUT2D eigenvalue weighted by Gasteiger charge is -2.28. The van der Waals surface area contributed by atoms with Gasteiger partial charge in [-0.25, -0.2) is 4.79 Å². The second-order valence-corrected chi connectivity index (χ2v) is 7.06. The number of amides is 1. The van der Waals surface area contributed by atoms with Crippen LogP contribution in [0.15, 0.2) is 9.59 Å². The fraction of sp³-hybridized carbons (Fsp3) is 0.688. The molecule has 1 heterocycles. The number of carbonyl (C=O) groups excluding carboxylic acids is 1. The molecular weight excluding hydrogens is 310 g/mol. The van der Waals surface area contributed by atoms with Crippen LogP contribution in [0.5, 0.6) is 0 Å². The zero-order valence-electron chi connectivity index (χ0n) is 15.4. The second-order valence-electron chi connectivity index (χ2n) is 7.06. The van der Waals surface area contributed by atoms with Crippen molar-refractivity contribution in [3.05, 3.63) is 20.8 Å². The first-order chi connectivity index (χ1) is 11.0. The maximum absolute atomic E-state index is 12.4. The minimum atomic E-state index is -0.565. The Balaban J connectivity index is 3.43. The van der Waals surface area contributed by atoms with E-state index >= 15 is 0 Å². The highest BCUT2D eigenvalue weighted by Gasteiger charge is 2.22. The Kier molecular flexibility index (Phi) is 6.62. The summed E-state index contributed by atoms with van der Waals surface area (Å²) in [5, 5.41) is 0. The van der Waals surface area contributed by atoms with Crippen molar-refractivity contribution in [1.82, 2.24) is 14.5 Å². The lowest BCUT2D eigenvalue weighted by Crippen LogP contribution is -2.44. The van der Waals surface area contributed by atoms with E-state index in [1.54, 1.807) is 19.0 Å². The largest absolute Gasteiger partial charge is 0.383 e. The number of hydrogen-bond donors (Lipinski definition) is 2. The maximum Gasteiger partial charge on any atom is 0.330 e. The van der Waals surface area contributed by atoms with E-state index < -0.39 is 11.2 Å². The van der Waals surface area contributed by atoms with Crippen LogP contribution in [-0.2, 0) is 11.3 Å². The molecule has 0 aromatic carbocycles. The molecule has 0 radical (unpaired) electrons. The third-order valence-electron chi connectivity index (χ3n) is 3.49. The molecule has 0 saturated heterocycles. The molecule has 24 heavy (non-hydrogen) atoms. The summed E-state index contributed by atoms with van der Waals surface area (Å²) in [5.41, 5.74) is 5.22. The first-order valence-electron chi connectivity index (χ1n) is 8.12. The SMILES string of the molecule is CC(C)CN(CC(=O)N(C)C)c1c(N)n(CC(C)C)c(=O)[nH]c1=O. The summed E-state index contributed by atoms with van der Waals surface area (Å²) in [6.45, 7) is 8.79. The molecule has 0 unspecified atom stereocenters. The minimum Gasteiger partial charge on any atom is -0.383 e. The Bertz CT molecular complexity index is 688. The van der Waals surface area contributed by atoms with Crippen LogP contribution in [0, 0.1) is 11.8 Å². The maximum atomic E-state index is 12.4. The zero-order valence-corrected chi connectivity index (χ0v) is 15.4. The van der Waals surface area contributed by atoms with Crippen molar-refractivity contribution >= 4 is 17.4 Å². The van der Waals surface area contributed by atoms with Crippen molar-refractivity contribution in [3.8, 4) is 0 Å². The molecular formula is C16H29N5O3. The van der Waals surface area contributed by atoms with Gasteiger partial charge in [-0.1, -0.05) is 27.7 Å². The van der Waals surface area contributed by atoms with E-state index in [0.29, 0.717) is 13.1 Å². The number of aromatic nitrogens is 2. The van der Waals surface area contributed by atoms with Crippen molar-refractivity contribution in [2.75, 3.05) is 37.8 Å². The van der Waals surface area contributed by atoms with Gasteiger partial charge < -0.3 is 15.5 Å². The molecule has 0 bridgehead atoms. The van der Waals surface area contributed by atoms with Gasteiger partial charge in [0.15, 0.2) is 0 Å². The molecule has 8 heteroatoms. The molecule has 0 aliphatic carbocycles. The molecule has 0 spiro atoms. The van der Waals surface area contributed by atoms with Gasteiger partial charge in [0.05, 0.1) is 6.54 Å². The van der Waals surface area contributed by atoms with Crippen molar-refractivity contribution < 1.29 is 4.79 Å². The van der Waals surface area contributed by atoms with Crippen molar-refractivity contribution in [2.45, 2.75) is 34.2 Å². The van der Waals surface area contributed by atoms with E-state index in [1.165, 1.54) is 9.47 Å². The average Bonchev–Trinajstić information content (AvgIpc) is 2.41. The molecule has 1 aromatic rings. The highest BCUT2D eigenvalue weighted by atomic mass is 16.2. The minimum absolute atomic E-state index is 0.0261. The number of H-pyrrole nitrogens is 1. The number of rotatable bonds is 7. The number of aromatic amines is 1. The van der Waals surface area contributed by atoms with Gasteiger partial charge in [0.2, 0.25) is 5.91 Å². The predicted octanol–water partition coefficient (Wildman–Crippen LogP) is 0.325. The number of nitrogens with one attached hydrogen (secondary N) is 1. The number of anilines is 2. The van der Waals surface area contributed by atoms with Gasteiger partial charge in [-0.2, -0.15) is 0 Å². The molecule has 0 aliphatic rings. The molecule has 0 fully saturated rings. The molecule has 8 nitrogen and oxygen atoms in total. The van der Waals surface area contributed by atoms with Gasteiger partial charge in [0.1, 0.15) is 11.5 Å². The molecule has 1 amide bonds. The monoisotopic (exact) mass is 339 g/mol.